The van der Waals surface area contributed by atoms with Crippen molar-refractivity contribution in [2.45, 2.75) is 17.7 Å². The summed E-state index contributed by atoms with van der Waals surface area (Å²) in [5.41, 5.74) is 5.98. The molecule has 6 heteroatoms. The van der Waals surface area contributed by atoms with Crippen LogP contribution in [0.25, 0.3) is 0 Å². The maximum atomic E-state index is 11.8. The van der Waals surface area contributed by atoms with Gasteiger partial charge in [0.1, 0.15) is 0 Å². The van der Waals surface area contributed by atoms with Gasteiger partial charge in [0.15, 0.2) is 0 Å². The minimum atomic E-state index is -3.26. The monoisotopic (exact) mass is 274 g/mol. The van der Waals surface area contributed by atoms with Crippen LogP contribution in [0.4, 0.5) is 5.69 Å². The predicted octanol–water partition coefficient (Wildman–Crippen LogP) is 1.89. The van der Waals surface area contributed by atoms with Crippen LogP contribution < -0.4 is 10.5 Å². The summed E-state index contributed by atoms with van der Waals surface area (Å²) in [5.74, 6) is 0.118. The molecule has 0 saturated heterocycles. The van der Waals surface area contributed by atoms with Crippen LogP contribution in [-0.4, -0.2) is 27.0 Å². The van der Waals surface area contributed by atoms with E-state index in [2.05, 4.69) is 4.72 Å². The average Bonchev–Trinajstić information content (AvgIpc) is 2.29. The summed E-state index contributed by atoms with van der Waals surface area (Å²) in [6.07, 6.45) is 3.24. The van der Waals surface area contributed by atoms with Crippen molar-refractivity contribution in [3.8, 4) is 0 Å². The largest absolute Gasteiger partial charge is 0.330 e. The van der Waals surface area contributed by atoms with E-state index in [9.17, 15) is 8.42 Å². The van der Waals surface area contributed by atoms with Gasteiger partial charge >= 0.3 is 0 Å². The number of benzene rings is 1. The molecule has 0 aliphatic carbocycles. The lowest BCUT2D eigenvalue weighted by atomic mass is 10.3. The Morgan fingerprint density at radius 2 is 2.00 bits per heavy atom. The number of nitrogens with two attached hydrogens (primary N) is 1. The van der Waals surface area contributed by atoms with E-state index in [4.69, 9.17) is 5.73 Å². The summed E-state index contributed by atoms with van der Waals surface area (Å²) in [4.78, 5) is 0.926. The number of sulfonamides is 1. The van der Waals surface area contributed by atoms with Crippen LogP contribution in [0.15, 0.2) is 29.2 Å². The van der Waals surface area contributed by atoms with Crippen molar-refractivity contribution < 1.29 is 8.42 Å². The Balaban J connectivity index is 2.69. The number of rotatable bonds is 7. The van der Waals surface area contributed by atoms with Gasteiger partial charge in [0, 0.05) is 4.90 Å². The second-order valence-corrected chi connectivity index (χ2v) is 6.31. The second-order valence-electron chi connectivity index (χ2n) is 3.62. The molecule has 3 N–H and O–H groups in total. The van der Waals surface area contributed by atoms with Crippen LogP contribution in [0, 0.1) is 0 Å². The average molecular weight is 274 g/mol. The lowest BCUT2D eigenvalue weighted by Gasteiger charge is -2.10. The molecule has 0 aliphatic heterocycles. The molecule has 4 nitrogen and oxygen atoms in total. The van der Waals surface area contributed by atoms with Crippen LogP contribution in [0.2, 0.25) is 0 Å². The Morgan fingerprint density at radius 3 is 2.65 bits per heavy atom. The first-order chi connectivity index (χ1) is 8.09. The first-order valence-corrected chi connectivity index (χ1v) is 8.30. The van der Waals surface area contributed by atoms with Gasteiger partial charge in [-0.05, 0) is 37.8 Å². The van der Waals surface area contributed by atoms with E-state index in [-0.39, 0.29) is 5.75 Å². The summed E-state index contributed by atoms with van der Waals surface area (Å²) in [6.45, 7) is 0.525. The highest BCUT2D eigenvalue weighted by Gasteiger charge is 2.11. The summed E-state index contributed by atoms with van der Waals surface area (Å²) >= 11 is 1.52. The molecule has 0 amide bonds. The summed E-state index contributed by atoms with van der Waals surface area (Å²) in [6, 6.07) is 7.37. The van der Waals surface area contributed by atoms with Crippen LogP contribution >= 0.6 is 11.8 Å². The molecule has 1 aromatic rings. The van der Waals surface area contributed by atoms with E-state index in [0.29, 0.717) is 18.7 Å². The van der Waals surface area contributed by atoms with Crippen molar-refractivity contribution in [1.29, 1.82) is 0 Å². The molecule has 96 valence electrons. The molecule has 0 unspecified atom stereocenters. The van der Waals surface area contributed by atoms with Crippen LogP contribution in [0.3, 0.4) is 0 Å². The number of para-hydroxylation sites is 1. The van der Waals surface area contributed by atoms with E-state index in [1.54, 1.807) is 6.07 Å². The molecule has 17 heavy (non-hydrogen) atoms. The van der Waals surface area contributed by atoms with Gasteiger partial charge in [-0.2, -0.15) is 0 Å². The highest BCUT2D eigenvalue weighted by molar-refractivity contribution is 7.99. The third-order valence-corrected chi connectivity index (χ3v) is 4.39. The quantitative estimate of drug-likeness (QED) is 0.588. The van der Waals surface area contributed by atoms with Crippen molar-refractivity contribution in [1.82, 2.24) is 0 Å². The Hall–Kier alpha value is -0.720. The Morgan fingerprint density at radius 1 is 1.29 bits per heavy atom. The standard InChI is InChI=1S/C11H18N2O2S2/c1-16-11-7-3-2-6-10(11)13-17(14,15)9-5-4-8-12/h2-3,6-7,13H,4-5,8-9,12H2,1H3. The molecular formula is C11H18N2O2S2. The molecule has 1 aromatic carbocycles. The van der Waals surface area contributed by atoms with Crippen molar-refractivity contribution >= 4 is 27.5 Å². The molecule has 0 aromatic heterocycles. The highest BCUT2D eigenvalue weighted by atomic mass is 32.2. The zero-order chi connectivity index (χ0) is 12.7. The SMILES string of the molecule is CSc1ccccc1NS(=O)(=O)CCCCN. The maximum Gasteiger partial charge on any atom is 0.232 e. The lowest BCUT2D eigenvalue weighted by Crippen LogP contribution is -2.17. The highest BCUT2D eigenvalue weighted by Crippen LogP contribution is 2.25. The summed E-state index contributed by atoms with van der Waals surface area (Å²) < 4.78 is 26.2. The van der Waals surface area contributed by atoms with Gasteiger partial charge in [-0.3, -0.25) is 4.72 Å². The normalized spacial score (nSPS) is 11.4. The van der Waals surface area contributed by atoms with Crippen LogP contribution in [0.1, 0.15) is 12.8 Å². The van der Waals surface area contributed by atoms with Gasteiger partial charge in [-0.25, -0.2) is 8.42 Å². The molecule has 0 saturated carbocycles. The van der Waals surface area contributed by atoms with Gasteiger partial charge in [-0.1, -0.05) is 12.1 Å². The minimum absolute atomic E-state index is 0.118. The van der Waals surface area contributed by atoms with Gasteiger partial charge in [-0.15, -0.1) is 11.8 Å². The number of unbranched alkanes of at least 4 members (excludes halogenated alkanes) is 1. The fourth-order valence-corrected chi connectivity index (χ4v) is 3.20. The number of anilines is 1. The van der Waals surface area contributed by atoms with Crippen molar-refractivity contribution in [2.75, 3.05) is 23.3 Å². The maximum absolute atomic E-state index is 11.8. The second kappa shape index (κ2) is 6.88. The van der Waals surface area contributed by atoms with Crippen LogP contribution in [0.5, 0.6) is 0 Å². The molecule has 0 fully saturated rings. The molecule has 0 radical (unpaired) electrons. The molecule has 0 spiro atoms. The smallest absolute Gasteiger partial charge is 0.232 e. The summed E-state index contributed by atoms with van der Waals surface area (Å²) in [5, 5.41) is 0. The van der Waals surface area contributed by atoms with Gasteiger partial charge in [0.05, 0.1) is 11.4 Å². The van der Waals surface area contributed by atoms with E-state index < -0.39 is 10.0 Å². The zero-order valence-electron chi connectivity index (χ0n) is 9.85. The first-order valence-electron chi connectivity index (χ1n) is 5.42. The topological polar surface area (TPSA) is 72.2 Å². The molecule has 0 aliphatic rings. The van der Waals surface area contributed by atoms with E-state index in [0.717, 1.165) is 11.3 Å². The van der Waals surface area contributed by atoms with E-state index >= 15 is 0 Å². The first kappa shape index (κ1) is 14.3. The van der Waals surface area contributed by atoms with Crippen molar-refractivity contribution in [3.05, 3.63) is 24.3 Å². The fourth-order valence-electron chi connectivity index (χ4n) is 1.38. The minimum Gasteiger partial charge on any atom is -0.330 e. The summed E-state index contributed by atoms with van der Waals surface area (Å²) in [7, 11) is -3.26. The van der Waals surface area contributed by atoms with E-state index in [1.165, 1.54) is 11.8 Å². The number of hydrogen-bond donors (Lipinski definition) is 2. The molecule has 0 atom stereocenters. The lowest BCUT2D eigenvalue weighted by molar-refractivity contribution is 0.597. The van der Waals surface area contributed by atoms with Gasteiger partial charge < -0.3 is 5.73 Å². The zero-order valence-corrected chi connectivity index (χ0v) is 11.5. The van der Waals surface area contributed by atoms with Gasteiger partial charge in [0.2, 0.25) is 10.0 Å². The van der Waals surface area contributed by atoms with Crippen molar-refractivity contribution in [3.63, 3.8) is 0 Å². The Bertz CT molecular complexity index is 447. The Labute approximate surface area is 107 Å². The predicted molar refractivity (Wildman–Crippen MR) is 73.9 cm³/mol. The third kappa shape index (κ3) is 4.97. The number of thioether (sulfide) groups is 1. The van der Waals surface area contributed by atoms with Crippen LogP contribution in [-0.2, 0) is 10.0 Å². The molecule has 0 bridgehead atoms. The molecule has 1 rings (SSSR count). The molecule has 0 heterocycles. The Kier molecular flexibility index (Phi) is 5.80. The number of hydrogen-bond acceptors (Lipinski definition) is 4. The fraction of sp³-hybridized carbons (Fsp3) is 0.455. The van der Waals surface area contributed by atoms with E-state index in [1.807, 2.05) is 24.5 Å². The number of nitrogens with one attached hydrogen (secondary N) is 1. The van der Waals surface area contributed by atoms with Crippen molar-refractivity contribution in [2.24, 2.45) is 5.73 Å². The molecular weight excluding hydrogens is 256 g/mol. The third-order valence-electron chi connectivity index (χ3n) is 2.24. The van der Waals surface area contributed by atoms with Gasteiger partial charge in [0.25, 0.3) is 0 Å².